The summed E-state index contributed by atoms with van der Waals surface area (Å²) >= 11 is -3.16. The molecule has 2 aliphatic rings. The Kier molecular flexibility index (Phi) is 6.60. The van der Waals surface area contributed by atoms with E-state index in [9.17, 15) is 0 Å². The molecule has 0 saturated heterocycles. The SMILES string of the molecule is CC(C)C1=CC[C]([Zr]([CH3])([CH3])(=[SiH2])[CH]2c3ccccc3-c3ccccc32)=C1.Cl.Cl. The fourth-order valence-electron chi connectivity index (χ4n) is 4.86. The van der Waals surface area contributed by atoms with Crippen LogP contribution < -0.4 is 0 Å². The minimum absolute atomic E-state index is 0. The first-order valence-corrected chi connectivity index (χ1v) is 22.9. The number of rotatable bonds is 3. The van der Waals surface area contributed by atoms with E-state index in [1.54, 1.807) is 20.0 Å². The second-order valence-electron chi connectivity index (χ2n) is 9.15. The van der Waals surface area contributed by atoms with Crippen molar-refractivity contribution in [2.24, 2.45) is 5.92 Å². The second-order valence-corrected chi connectivity index (χ2v) is 38.8. The van der Waals surface area contributed by atoms with Crippen molar-refractivity contribution < 1.29 is 17.4 Å². The molecule has 0 N–H and O–H groups in total. The summed E-state index contributed by atoms with van der Waals surface area (Å²) in [7, 11) is 0. The van der Waals surface area contributed by atoms with Gasteiger partial charge in [0.1, 0.15) is 0 Å². The summed E-state index contributed by atoms with van der Waals surface area (Å²) in [5.41, 5.74) is 7.63. The molecule has 2 aromatic rings. The molecule has 0 saturated carbocycles. The van der Waals surface area contributed by atoms with Gasteiger partial charge < -0.3 is 0 Å². The van der Waals surface area contributed by atoms with E-state index < -0.39 is 17.4 Å². The van der Waals surface area contributed by atoms with E-state index in [2.05, 4.69) is 90.7 Å². The fraction of sp³-hybridized carbons (Fsp3) is 0.304. The Morgan fingerprint density at radius 3 is 1.81 bits per heavy atom. The molecule has 4 heteroatoms. The molecule has 0 heterocycles. The summed E-state index contributed by atoms with van der Waals surface area (Å²) in [4.78, 5) is 0. The van der Waals surface area contributed by atoms with Gasteiger partial charge in [-0.2, -0.15) is 0 Å². The van der Waals surface area contributed by atoms with Crippen molar-refractivity contribution in [1.82, 2.24) is 0 Å². The minimum atomic E-state index is -3.16. The number of halogens is 2. The summed E-state index contributed by atoms with van der Waals surface area (Å²) < 4.78 is 7.73. The van der Waals surface area contributed by atoms with Crippen molar-refractivity contribution in [3.63, 3.8) is 0 Å². The van der Waals surface area contributed by atoms with Crippen LogP contribution in [0.4, 0.5) is 0 Å². The molecule has 0 radical (unpaired) electrons. The summed E-state index contributed by atoms with van der Waals surface area (Å²) in [5, 5.41) is 0. The molecule has 0 aromatic heterocycles. The Morgan fingerprint density at radius 1 is 0.889 bits per heavy atom. The molecule has 0 spiro atoms. The molecule has 0 aliphatic heterocycles. The van der Waals surface area contributed by atoms with Crippen LogP contribution in [0.2, 0.25) is 9.26 Å². The van der Waals surface area contributed by atoms with E-state index in [0.29, 0.717) is 9.54 Å². The van der Waals surface area contributed by atoms with E-state index in [-0.39, 0.29) is 24.8 Å². The van der Waals surface area contributed by atoms with Gasteiger partial charge in [-0.1, -0.05) is 0 Å². The average molecular weight is 497 g/mol. The van der Waals surface area contributed by atoms with Gasteiger partial charge in [0.25, 0.3) is 0 Å². The monoisotopic (exact) mass is 494 g/mol. The zero-order chi connectivity index (χ0) is 17.8. The predicted molar refractivity (Wildman–Crippen MR) is 124 cm³/mol. The maximum absolute atomic E-state index is 3.16. The first-order chi connectivity index (χ1) is 11.8. The van der Waals surface area contributed by atoms with Crippen molar-refractivity contribution in [2.45, 2.75) is 33.2 Å². The predicted octanol–water partition coefficient (Wildman–Crippen LogP) is 6.80. The third-order valence-corrected chi connectivity index (χ3v) is 23.6. The maximum Gasteiger partial charge on any atom is -0.147 e. The zero-order valence-corrected chi connectivity index (χ0v) is 22.2. The molecule has 27 heavy (non-hydrogen) atoms. The van der Waals surface area contributed by atoms with Crippen molar-refractivity contribution in [1.29, 1.82) is 0 Å². The molecule has 0 atom stereocenters. The summed E-state index contributed by atoms with van der Waals surface area (Å²) in [5.74, 6) is 0.634. The van der Waals surface area contributed by atoms with Crippen molar-refractivity contribution >= 4 is 31.7 Å². The molecule has 0 bridgehead atoms. The van der Waals surface area contributed by atoms with Gasteiger partial charge in [0.15, 0.2) is 0 Å². The summed E-state index contributed by atoms with van der Waals surface area (Å²) in [6, 6.07) is 18.3. The fourth-order valence-corrected chi connectivity index (χ4v) is 19.4. The van der Waals surface area contributed by atoms with E-state index in [0.717, 1.165) is 0 Å². The molecular formula is C23H30Cl2SiZr. The molecule has 2 aliphatic carbocycles. The van der Waals surface area contributed by atoms with Gasteiger partial charge in [-0.25, -0.2) is 0 Å². The topological polar surface area (TPSA) is 0 Å². The summed E-state index contributed by atoms with van der Waals surface area (Å²) in [6.07, 6.45) is 6.24. The third kappa shape index (κ3) is 3.64. The smallest absolute Gasteiger partial charge is 0.147 e. The Balaban J connectivity index is 0.00000131. The van der Waals surface area contributed by atoms with Gasteiger partial charge >= 0.3 is 155 Å². The average Bonchev–Trinajstić information content (AvgIpc) is 3.19. The summed E-state index contributed by atoms with van der Waals surface area (Å²) in [6.45, 7) is 7.03. The largest absolute Gasteiger partial charge is 0.147 e. The normalized spacial score (nSPS) is 16.1. The Labute approximate surface area is 178 Å². The minimum Gasteiger partial charge on any atom is -0.147 e. The van der Waals surface area contributed by atoms with Crippen molar-refractivity contribution in [3.05, 3.63) is 80.7 Å². The number of allylic oxidation sites excluding steroid dienone is 4. The number of hydrogen-bond acceptors (Lipinski definition) is 0. The van der Waals surface area contributed by atoms with E-state index >= 15 is 0 Å². The van der Waals surface area contributed by atoms with Gasteiger partial charge in [-0.3, -0.25) is 0 Å². The van der Waals surface area contributed by atoms with E-state index in [1.165, 1.54) is 17.5 Å². The van der Waals surface area contributed by atoms with Crippen LogP contribution in [0.1, 0.15) is 35.0 Å². The van der Waals surface area contributed by atoms with Gasteiger partial charge in [-0.05, 0) is 0 Å². The standard InChI is InChI=1S/C13H9.C8H11.2CH3.2ClH.H2Si.Zr/c1-3-7-12-10(5-1)9-11-6-2-4-8-13(11)12;1-7(2)8-5-3-4-6-8;;;;;;/h1-9H;5-7H,3H2,1-2H3;2*1H3;2*1H;1H2;. The van der Waals surface area contributed by atoms with Crippen LogP contribution in [0, 0.1) is 5.92 Å². The molecule has 0 amide bonds. The Hall–Kier alpha value is -0.400. The van der Waals surface area contributed by atoms with Crippen molar-refractivity contribution in [3.8, 4) is 11.1 Å². The molecular weight excluding hydrogens is 466 g/mol. The zero-order valence-electron chi connectivity index (χ0n) is 16.7. The first-order valence-electron chi connectivity index (χ1n) is 9.45. The second kappa shape index (κ2) is 7.79. The van der Waals surface area contributed by atoms with Crippen molar-refractivity contribution in [2.75, 3.05) is 0 Å². The van der Waals surface area contributed by atoms with Crippen LogP contribution in [0.15, 0.2) is 69.5 Å². The van der Waals surface area contributed by atoms with Crippen LogP contribution in [0.25, 0.3) is 11.1 Å². The molecule has 4 rings (SSSR count). The number of hydrogen-bond donors (Lipinski definition) is 0. The molecule has 0 nitrogen and oxygen atoms in total. The van der Waals surface area contributed by atoms with Crippen LogP contribution >= 0.6 is 24.8 Å². The van der Waals surface area contributed by atoms with Crippen LogP contribution in [0.5, 0.6) is 0 Å². The number of benzene rings is 2. The van der Waals surface area contributed by atoms with Crippen LogP contribution in [-0.4, -0.2) is 6.88 Å². The van der Waals surface area contributed by atoms with Gasteiger partial charge in [0.05, 0.1) is 0 Å². The van der Waals surface area contributed by atoms with Gasteiger partial charge in [0, 0.05) is 0 Å². The molecule has 0 fully saturated rings. The number of fused-ring (bicyclic) bond motifs is 3. The Bertz CT molecular complexity index is 949. The maximum atomic E-state index is 2.67. The van der Waals surface area contributed by atoms with Gasteiger partial charge in [0.2, 0.25) is 0 Å². The van der Waals surface area contributed by atoms with Crippen LogP contribution in [0.3, 0.4) is 0 Å². The first kappa shape index (κ1) is 22.9. The van der Waals surface area contributed by atoms with Crippen LogP contribution in [-0.2, 0) is 17.4 Å². The van der Waals surface area contributed by atoms with Gasteiger partial charge in [-0.15, -0.1) is 24.8 Å². The Morgan fingerprint density at radius 2 is 1.37 bits per heavy atom. The quantitative estimate of drug-likeness (QED) is 0.410. The molecule has 0 unspecified atom stereocenters. The molecule has 144 valence electrons. The van der Waals surface area contributed by atoms with E-state index in [1.807, 2.05) is 0 Å². The molecule has 2 aromatic carbocycles. The van der Waals surface area contributed by atoms with E-state index in [4.69, 9.17) is 0 Å². The third-order valence-electron chi connectivity index (χ3n) is 6.38.